The summed E-state index contributed by atoms with van der Waals surface area (Å²) in [6.07, 6.45) is 2.42. The van der Waals surface area contributed by atoms with Gasteiger partial charge in [-0.2, -0.15) is 0 Å². The minimum atomic E-state index is -3.92. The summed E-state index contributed by atoms with van der Waals surface area (Å²) >= 11 is 0. The SMILES string of the molecule is CS(=O)(=O)[O-].CS(=O)(=O)[O-].CS(=O)(=O)[O-].CS(=O)(=O)[O-]. The molecule has 0 amide bonds. The molecule has 0 aliphatic carbocycles. The lowest BCUT2D eigenvalue weighted by molar-refractivity contribution is 0.468. The first kappa shape index (κ1) is 27.9. The van der Waals surface area contributed by atoms with E-state index < -0.39 is 40.5 Å². The van der Waals surface area contributed by atoms with Gasteiger partial charge in [-0.15, -0.1) is 0 Å². The van der Waals surface area contributed by atoms with E-state index in [4.69, 9.17) is 51.9 Å². The van der Waals surface area contributed by atoms with Crippen LogP contribution in [0.4, 0.5) is 0 Å². The summed E-state index contributed by atoms with van der Waals surface area (Å²) in [6.45, 7) is 0. The van der Waals surface area contributed by atoms with Crippen LogP contribution in [0.3, 0.4) is 0 Å². The summed E-state index contributed by atoms with van der Waals surface area (Å²) in [6, 6.07) is 0. The van der Waals surface area contributed by atoms with Crippen LogP contribution in [0.15, 0.2) is 0 Å². The summed E-state index contributed by atoms with van der Waals surface area (Å²) in [4.78, 5) is 0. The number of rotatable bonds is 0. The highest BCUT2D eigenvalue weighted by atomic mass is 32.2. The molecule has 0 N–H and O–H groups in total. The number of hydrogen-bond acceptors (Lipinski definition) is 12. The van der Waals surface area contributed by atoms with Crippen LogP contribution in [0, 0.1) is 0 Å². The molecule has 20 heavy (non-hydrogen) atoms. The van der Waals surface area contributed by atoms with Crippen LogP contribution in [-0.2, 0) is 40.5 Å². The maximum absolute atomic E-state index is 9.08. The van der Waals surface area contributed by atoms with Crippen molar-refractivity contribution in [3.05, 3.63) is 0 Å². The zero-order valence-corrected chi connectivity index (χ0v) is 13.8. The first-order chi connectivity index (χ1) is 8.00. The van der Waals surface area contributed by atoms with Gasteiger partial charge in [0, 0.05) is 25.0 Å². The van der Waals surface area contributed by atoms with E-state index in [0.29, 0.717) is 25.0 Å². The Morgan fingerprint density at radius 3 is 0.400 bits per heavy atom. The Hall–Kier alpha value is -0.360. The fraction of sp³-hybridized carbons (Fsp3) is 1.00. The van der Waals surface area contributed by atoms with Crippen molar-refractivity contribution < 1.29 is 51.9 Å². The van der Waals surface area contributed by atoms with Crippen molar-refractivity contribution in [2.45, 2.75) is 0 Å². The lowest BCUT2D eigenvalue weighted by atomic mass is 12.0. The van der Waals surface area contributed by atoms with Crippen LogP contribution < -0.4 is 0 Å². The van der Waals surface area contributed by atoms with Gasteiger partial charge in [0.1, 0.15) is 0 Å². The fourth-order valence-electron chi connectivity index (χ4n) is 0. The van der Waals surface area contributed by atoms with Gasteiger partial charge in [-0.05, 0) is 0 Å². The molecular weight excluding hydrogens is 368 g/mol. The van der Waals surface area contributed by atoms with E-state index in [1.165, 1.54) is 0 Å². The molecular formula is C4H12O12S4-4. The van der Waals surface area contributed by atoms with Crippen molar-refractivity contribution in [2.24, 2.45) is 0 Å². The molecule has 0 spiro atoms. The smallest absolute Gasteiger partial charge is 0.0916 e. The van der Waals surface area contributed by atoms with Gasteiger partial charge in [0.2, 0.25) is 0 Å². The third kappa shape index (κ3) is 37700. The normalized spacial score (nSPS) is 11.6. The maximum atomic E-state index is 9.08. The zero-order valence-electron chi connectivity index (χ0n) is 10.5. The molecule has 0 atom stereocenters. The zero-order chi connectivity index (χ0) is 18.0. The van der Waals surface area contributed by atoms with Gasteiger partial charge in [-0.25, -0.2) is 33.7 Å². The Morgan fingerprint density at radius 1 is 0.400 bits per heavy atom. The Bertz CT molecular complexity index is 480. The molecule has 16 heteroatoms. The quantitative estimate of drug-likeness (QED) is 0.375. The van der Waals surface area contributed by atoms with Gasteiger partial charge in [-0.1, -0.05) is 0 Å². The molecule has 0 saturated heterocycles. The molecule has 0 saturated carbocycles. The van der Waals surface area contributed by atoms with Crippen molar-refractivity contribution in [3.8, 4) is 0 Å². The van der Waals surface area contributed by atoms with E-state index in [0.717, 1.165) is 0 Å². The Labute approximate surface area is 117 Å². The predicted octanol–water partition coefficient (Wildman–Crippen LogP) is -3.35. The third-order valence-electron chi connectivity index (χ3n) is 0. The van der Waals surface area contributed by atoms with Crippen LogP contribution in [0.2, 0.25) is 0 Å². The molecule has 0 rings (SSSR count). The average Bonchev–Trinajstić information content (AvgIpc) is 1.62. The molecule has 0 radical (unpaired) electrons. The lowest BCUT2D eigenvalue weighted by Gasteiger charge is -1.90. The van der Waals surface area contributed by atoms with E-state index in [-0.39, 0.29) is 0 Å². The van der Waals surface area contributed by atoms with Crippen LogP contribution in [0.5, 0.6) is 0 Å². The van der Waals surface area contributed by atoms with Crippen LogP contribution in [-0.4, -0.2) is 76.9 Å². The van der Waals surface area contributed by atoms with E-state index in [9.17, 15) is 0 Å². The van der Waals surface area contributed by atoms with Crippen LogP contribution in [0.1, 0.15) is 0 Å². The maximum Gasteiger partial charge on any atom is 0.0916 e. The fourth-order valence-corrected chi connectivity index (χ4v) is 0. The van der Waals surface area contributed by atoms with Gasteiger partial charge >= 0.3 is 0 Å². The monoisotopic (exact) mass is 380 g/mol. The topological polar surface area (TPSA) is 229 Å². The first-order valence-corrected chi connectivity index (χ1v) is 10.9. The van der Waals surface area contributed by atoms with Crippen molar-refractivity contribution in [2.75, 3.05) is 25.0 Å². The lowest BCUT2D eigenvalue weighted by Crippen LogP contribution is -1.88. The van der Waals surface area contributed by atoms with Gasteiger partial charge in [0.15, 0.2) is 0 Å². The van der Waals surface area contributed by atoms with Gasteiger partial charge in [0.25, 0.3) is 0 Å². The van der Waals surface area contributed by atoms with Crippen molar-refractivity contribution in [1.82, 2.24) is 0 Å². The minimum Gasteiger partial charge on any atom is -0.748 e. The number of hydrogen-bond donors (Lipinski definition) is 0. The first-order valence-electron chi connectivity index (χ1n) is 3.63. The summed E-state index contributed by atoms with van der Waals surface area (Å²) in [7, 11) is -15.7. The van der Waals surface area contributed by atoms with E-state index in [1.54, 1.807) is 0 Å². The summed E-state index contributed by atoms with van der Waals surface area (Å²) < 4.78 is 109. The Morgan fingerprint density at radius 2 is 0.400 bits per heavy atom. The van der Waals surface area contributed by atoms with Crippen molar-refractivity contribution in [3.63, 3.8) is 0 Å². The second-order valence-electron chi connectivity index (χ2n) is 2.82. The highest BCUT2D eigenvalue weighted by molar-refractivity contribution is 7.85. The van der Waals surface area contributed by atoms with Gasteiger partial charge < -0.3 is 18.2 Å². The molecule has 128 valence electrons. The molecule has 0 aliphatic heterocycles. The standard InChI is InChI=1S/4CH4O3S/c4*1-5(2,3)4/h4*1H3,(H,2,3,4)/p-4. The summed E-state index contributed by atoms with van der Waals surface area (Å²) in [5.74, 6) is 0. The van der Waals surface area contributed by atoms with Crippen LogP contribution >= 0.6 is 0 Å². The molecule has 0 heterocycles. The molecule has 0 bridgehead atoms. The largest absolute Gasteiger partial charge is 0.748 e. The Kier molecular flexibility index (Phi) is 14.5. The third-order valence-corrected chi connectivity index (χ3v) is 0. The summed E-state index contributed by atoms with van der Waals surface area (Å²) in [5, 5.41) is 0. The van der Waals surface area contributed by atoms with E-state index >= 15 is 0 Å². The highest BCUT2D eigenvalue weighted by Crippen LogP contribution is 1.61. The summed E-state index contributed by atoms with van der Waals surface area (Å²) in [5.41, 5.74) is 0. The molecule has 0 aromatic heterocycles. The minimum absolute atomic E-state index is 0.604. The van der Waals surface area contributed by atoms with Crippen molar-refractivity contribution >= 4 is 40.5 Å². The van der Waals surface area contributed by atoms with E-state index in [1.807, 2.05) is 0 Å². The molecule has 0 aromatic rings. The predicted molar refractivity (Wildman–Crippen MR) is 62.5 cm³/mol. The second-order valence-corrected chi connectivity index (χ2v) is 8.45. The molecule has 0 aliphatic rings. The average molecular weight is 380 g/mol. The van der Waals surface area contributed by atoms with E-state index in [2.05, 4.69) is 0 Å². The van der Waals surface area contributed by atoms with Crippen molar-refractivity contribution in [1.29, 1.82) is 0 Å². The molecule has 0 aromatic carbocycles. The Balaban J connectivity index is -0.0000000853. The van der Waals surface area contributed by atoms with Gasteiger partial charge in [0.05, 0.1) is 40.5 Å². The molecule has 0 unspecified atom stereocenters. The molecule has 12 nitrogen and oxygen atoms in total. The second kappa shape index (κ2) is 10.4. The highest BCUT2D eigenvalue weighted by Gasteiger charge is 1.67. The van der Waals surface area contributed by atoms with Crippen LogP contribution in [0.25, 0.3) is 0 Å². The molecule has 0 fully saturated rings. The van der Waals surface area contributed by atoms with Gasteiger partial charge in [-0.3, -0.25) is 0 Å².